The average Bonchev–Trinajstić information content (AvgIpc) is 3.20. The minimum Gasteiger partial charge on any atom is -0.484 e. The number of nitrogens with one attached hydrogen (secondary N) is 1. The Kier molecular flexibility index (Phi) is 7.14. The number of hydrogen-bond donors (Lipinski definition) is 1. The fourth-order valence-electron chi connectivity index (χ4n) is 2.82. The largest absolute Gasteiger partial charge is 0.484 e. The van der Waals surface area contributed by atoms with Crippen LogP contribution < -0.4 is 14.8 Å². The molecule has 0 radical (unpaired) electrons. The third kappa shape index (κ3) is 6.09. The van der Waals surface area contributed by atoms with E-state index in [1.807, 2.05) is 6.92 Å². The second-order valence-corrected chi connectivity index (χ2v) is 6.73. The number of ether oxygens (including phenoxy) is 3. The Balaban J connectivity index is 1.39. The summed E-state index contributed by atoms with van der Waals surface area (Å²) in [6.45, 7) is 2.39. The summed E-state index contributed by atoms with van der Waals surface area (Å²) in [5, 5.41) is 10.5. The lowest BCUT2D eigenvalue weighted by Crippen LogP contribution is -2.43. The number of alkyl halides is 3. The van der Waals surface area contributed by atoms with Gasteiger partial charge >= 0.3 is 12.3 Å². The molecule has 2 atom stereocenters. The molecule has 1 amide bonds. The minimum absolute atomic E-state index is 0.103. The number of amides is 1. The number of aromatic nitrogens is 2. The molecule has 1 fully saturated rings. The van der Waals surface area contributed by atoms with Gasteiger partial charge < -0.3 is 23.9 Å². The van der Waals surface area contributed by atoms with Crippen molar-refractivity contribution in [2.75, 3.05) is 19.8 Å². The van der Waals surface area contributed by atoms with Crippen LogP contribution in [0.3, 0.4) is 0 Å². The summed E-state index contributed by atoms with van der Waals surface area (Å²) < 4.78 is 59.2. The zero-order chi connectivity index (χ0) is 21.6. The number of carbonyl (C=O) groups excluding carboxylic acids is 1. The fraction of sp³-hybridized carbons (Fsp3) is 0.526. The van der Waals surface area contributed by atoms with Gasteiger partial charge in [0, 0.05) is 0 Å². The van der Waals surface area contributed by atoms with Crippen molar-refractivity contribution in [2.45, 2.75) is 44.5 Å². The molecule has 2 heterocycles. The van der Waals surface area contributed by atoms with Crippen molar-refractivity contribution in [3.63, 3.8) is 0 Å². The van der Waals surface area contributed by atoms with Gasteiger partial charge in [-0.1, -0.05) is 12.0 Å². The number of nitrogens with zero attached hydrogens (tertiary/aromatic N) is 2. The van der Waals surface area contributed by atoms with E-state index in [2.05, 4.69) is 15.5 Å². The summed E-state index contributed by atoms with van der Waals surface area (Å²) in [5.41, 5.74) is -0.779. The predicted octanol–water partition coefficient (Wildman–Crippen LogP) is 3.29. The number of rotatable bonds is 8. The van der Waals surface area contributed by atoms with E-state index >= 15 is 0 Å². The van der Waals surface area contributed by atoms with Crippen molar-refractivity contribution in [3.8, 4) is 11.8 Å². The molecule has 0 saturated carbocycles. The van der Waals surface area contributed by atoms with Crippen molar-refractivity contribution < 1.29 is 36.6 Å². The smallest absolute Gasteiger partial charge is 0.416 e. The van der Waals surface area contributed by atoms with Crippen LogP contribution in [0.5, 0.6) is 11.8 Å². The maximum atomic E-state index is 12.5. The average molecular weight is 429 g/mol. The van der Waals surface area contributed by atoms with Gasteiger partial charge in [-0.2, -0.15) is 13.2 Å². The molecule has 1 aliphatic rings. The molecule has 0 unspecified atom stereocenters. The first-order valence-electron chi connectivity index (χ1n) is 9.52. The summed E-state index contributed by atoms with van der Waals surface area (Å²) in [7, 11) is 0. The van der Waals surface area contributed by atoms with Crippen molar-refractivity contribution >= 4 is 5.91 Å². The van der Waals surface area contributed by atoms with E-state index in [0.29, 0.717) is 25.3 Å². The van der Waals surface area contributed by atoms with Gasteiger partial charge in [-0.25, -0.2) is 0 Å². The zero-order valence-corrected chi connectivity index (χ0v) is 16.3. The van der Waals surface area contributed by atoms with E-state index in [9.17, 15) is 18.0 Å². The summed E-state index contributed by atoms with van der Waals surface area (Å²) in [4.78, 5) is 12.0. The monoisotopic (exact) mass is 429 g/mol. The Bertz CT molecular complexity index is 818. The van der Waals surface area contributed by atoms with E-state index in [1.165, 1.54) is 12.1 Å². The molecular formula is C19H22F3N3O5. The lowest BCUT2D eigenvalue weighted by atomic mass is 10.1. The summed E-state index contributed by atoms with van der Waals surface area (Å²) in [6, 6.07) is 3.93. The number of halogens is 3. The molecule has 1 aromatic heterocycles. The highest BCUT2D eigenvalue weighted by atomic mass is 19.4. The molecule has 1 N–H and O–H groups in total. The van der Waals surface area contributed by atoms with Gasteiger partial charge in [-0.3, -0.25) is 4.79 Å². The predicted molar refractivity (Wildman–Crippen MR) is 96.9 cm³/mol. The Hall–Kier alpha value is -2.82. The number of hydrogen-bond acceptors (Lipinski definition) is 7. The molecule has 0 bridgehead atoms. The normalized spacial score (nSPS) is 19.3. The quantitative estimate of drug-likeness (QED) is 0.688. The highest BCUT2D eigenvalue weighted by Gasteiger charge is 2.30. The highest BCUT2D eigenvalue weighted by Crippen LogP contribution is 2.30. The van der Waals surface area contributed by atoms with E-state index < -0.39 is 17.6 Å². The zero-order valence-electron chi connectivity index (χ0n) is 16.3. The molecule has 11 heteroatoms. The second-order valence-electron chi connectivity index (χ2n) is 6.73. The van der Waals surface area contributed by atoms with Crippen LogP contribution >= 0.6 is 0 Å². The Morgan fingerprint density at radius 1 is 1.20 bits per heavy atom. The molecule has 2 aromatic rings. The number of benzene rings is 1. The fourth-order valence-corrected chi connectivity index (χ4v) is 2.82. The maximum absolute atomic E-state index is 12.5. The molecule has 0 spiro atoms. The Morgan fingerprint density at radius 2 is 1.97 bits per heavy atom. The van der Waals surface area contributed by atoms with Gasteiger partial charge in [-0.15, -0.1) is 5.10 Å². The van der Waals surface area contributed by atoms with Gasteiger partial charge in [0.1, 0.15) is 11.9 Å². The molecule has 1 aliphatic heterocycles. The standard InChI is InChI=1S/C19H22F3N3O5/c1-2-9-27-18-25-24-17(30-18)15-8-5-13(10-29-15)23-16(26)11-28-14-6-3-12(4-7-14)19(20,21)22/h3-4,6-7,13,15H,2,5,8-11H2,1H3,(H,23,26)/t13-,15+/m0/s1. The Morgan fingerprint density at radius 3 is 2.60 bits per heavy atom. The van der Waals surface area contributed by atoms with Crippen LogP contribution in [0.15, 0.2) is 28.7 Å². The van der Waals surface area contributed by atoms with Crippen molar-refractivity contribution in [1.29, 1.82) is 0 Å². The summed E-state index contributed by atoms with van der Waals surface area (Å²) in [6.07, 6.45) is -2.66. The SMILES string of the molecule is CCCOc1nnc([C@H]2CC[C@H](NC(=O)COc3ccc(C(F)(F)F)cc3)CO2)o1. The molecule has 30 heavy (non-hydrogen) atoms. The van der Waals surface area contributed by atoms with Crippen LogP contribution in [-0.4, -0.2) is 42.0 Å². The lowest BCUT2D eigenvalue weighted by Gasteiger charge is -2.27. The van der Waals surface area contributed by atoms with E-state index in [-0.39, 0.29) is 37.2 Å². The van der Waals surface area contributed by atoms with Crippen molar-refractivity contribution in [3.05, 3.63) is 35.7 Å². The van der Waals surface area contributed by atoms with Crippen LogP contribution in [0.25, 0.3) is 0 Å². The second kappa shape index (κ2) is 9.79. The van der Waals surface area contributed by atoms with Crippen LogP contribution in [0.4, 0.5) is 13.2 Å². The Labute approximate surface area is 170 Å². The minimum atomic E-state index is -4.42. The molecule has 0 aliphatic carbocycles. The van der Waals surface area contributed by atoms with Crippen LogP contribution in [0.1, 0.15) is 43.7 Å². The molecule has 1 saturated heterocycles. The van der Waals surface area contributed by atoms with E-state index in [0.717, 1.165) is 18.6 Å². The van der Waals surface area contributed by atoms with Gasteiger partial charge in [-0.05, 0) is 43.5 Å². The highest BCUT2D eigenvalue weighted by molar-refractivity contribution is 5.77. The van der Waals surface area contributed by atoms with Crippen molar-refractivity contribution in [1.82, 2.24) is 15.5 Å². The topological polar surface area (TPSA) is 95.7 Å². The third-order valence-electron chi connectivity index (χ3n) is 4.32. The van der Waals surface area contributed by atoms with E-state index in [4.69, 9.17) is 18.6 Å². The molecule has 3 rings (SSSR count). The maximum Gasteiger partial charge on any atom is 0.416 e. The first kappa shape index (κ1) is 21.9. The van der Waals surface area contributed by atoms with Crippen LogP contribution in [0.2, 0.25) is 0 Å². The lowest BCUT2D eigenvalue weighted by molar-refractivity contribution is -0.137. The third-order valence-corrected chi connectivity index (χ3v) is 4.32. The molecular weight excluding hydrogens is 407 g/mol. The van der Waals surface area contributed by atoms with Crippen LogP contribution in [0, 0.1) is 0 Å². The molecule has 164 valence electrons. The van der Waals surface area contributed by atoms with Crippen LogP contribution in [-0.2, 0) is 15.7 Å². The van der Waals surface area contributed by atoms with E-state index in [1.54, 1.807) is 0 Å². The summed E-state index contributed by atoms with van der Waals surface area (Å²) >= 11 is 0. The van der Waals surface area contributed by atoms with Crippen molar-refractivity contribution in [2.24, 2.45) is 0 Å². The first-order chi connectivity index (χ1) is 14.3. The van der Waals surface area contributed by atoms with Gasteiger partial charge in [0.25, 0.3) is 5.91 Å². The van der Waals surface area contributed by atoms with Gasteiger partial charge in [0.15, 0.2) is 6.61 Å². The summed E-state index contributed by atoms with van der Waals surface area (Å²) in [5.74, 6) is 0.113. The molecule has 8 nitrogen and oxygen atoms in total. The first-order valence-corrected chi connectivity index (χ1v) is 9.52. The number of carbonyl (C=O) groups is 1. The van der Waals surface area contributed by atoms with Gasteiger partial charge in [0.05, 0.1) is 24.8 Å². The molecule has 1 aromatic carbocycles. The van der Waals surface area contributed by atoms with Gasteiger partial charge in [0.2, 0.25) is 5.89 Å².